The van der Waals surface area contributed by atoms with Gasteiger partial charge in [-0.2, -0.15) is 0 Å². The molecule has 0 saturated carbocycles. The molecule has 0 bridgehead atoms. The first kappa shape index (κ1) is 13.0. The number of hydrogen-bond donors (Lipinski definition) is 0. The molecule has 0 radical (unpaired) electrons. The lowest BCUT2D eigenvalue weighted by Gasteiger charge is -2.23. The van der Waals surface area contributed by atoms with Gasteiger partial charge in [-0.1, -0.05) is 30.3 Å². The molecule has 0 amide bonds. The first-order chi connectivity index (χ1) is 9.65. The third kappa shape index (κ3) is 2.37. The predicted molar refractivity (Wildman–Crippen MR) is 77.5 cm³/mol. The quantitative estimate of drug-likeness (QED) is 0.577. The summed E-state index contributed by atoms with van der Waals surface area (Å²) < 4.78 is 0. The number of hydrogen-bond acceptors (Lipinski definition) is 3. The average molecular weight is 267 g/mol. The zero-order valence-electron chi connectivity index (χ0n) is 11.5. The number of likely N-dealkylation sites (N-methyl/N-ethyl adjacent to an activating group) is 1. The number of nitrogens with zero attached hydrogens (tertiary/aromatic N) is 1. The SMILES string of the molecule is CN1CCC2=CC(=O)C(=O)C=C2C(c2ccccc2)C1. The van der Waals surface area contributed by atoms with E-state index in [4.69, 9.17) is 0 Å². The minimum atomic E-state index is -0.394. The number of likely N-dealkylation sites (tertiary alicyclic amines) is 1. The molecule has 1 atom stereocenters. The van der Waals surface area contributed by atoms with Gasteiger partial charge >= 0.3 is 0 Å². The van der Waals surface area contributed by atoms with Crippen LogP contribution >= 0.6 is 0 Å². The second-order valence-electron chi connectivity index (χ2n) is 5.47. The zero-order valence-corrected chi connectivity index (χ0v) is 11.5. The van der Waals surface area contributed by atoms with Crippen molar-refractivity contribution >= 4 is 11.6 Å². The molecule has 1 aromatic rings. The molecule has 3 heteroatoms. The highest BCUT2D eigenvalue weighted by Gasteiger charge is 2.29. The second kappa shape index (κ2) is 5.17. The van der Waals surface area contributed by atoms with E-state index in [0.717, 1.165) is 30.7 Å². The van der Waals surface area contributed by atoms with Crippen LogP contribution in [0.3, 0.4) is 0 Å². The minimum Gasteiger partial charge on any atom is -0.305 e. The molecule has 1 aliphatic heterocycles. The van der Waals surface area contributed by atoms with E-state index in [1.807, 2.05) is 18.2 Å². The lowest BCUT2D eigenvalue weighted by atomic mass is 9.82. The van der Waals surface area contributed by atoms with Crippen molar-refractivity contribution in [1.29, 1.82) is 0 Å². The van der Waals surface area contributed by atoms with E-state index in [1.165, 1.54) is 11.6 Å². The lowest BCUT2D eigenvalue weighted by Crippen LogP contribution is -2.24. The Labute approximate surface area is 118 Å². The Morgan fingerprint density at radius 3 is 2.50 bits per heavy atom. The molecule has 1 unspecified atom stereocenters. The lowest BCUT2D eigenvalue weighted by molar-refractivity contribution is -0.131. The second-order valence-corrected chi connectivity index (χ2v) is 5.47. The third-order valence-corrected chi connectivity index (χ3v) is 4.04. The van der Waals surface area contributed by atoms with Crippen molar-refractivity contribution in [2.45, 2.75) is 12.3 Å². The van der Waals surface area contributed by atoms with Gasteiger partial charge < -0.3 is 4.90 Å². The van der Waals surface area contributed by atoms with E-state index in [1.54, 1.807) is 6.08 Å². The highest BCUT2D eigenvalue weighted by molar-refractivity contribution is 6.46. The Bertz CT molecular complexity index is 613. The molecule has 0 spiro atoms. The van der Waals surface area contributed by atoms with Gasteiger partial charge in [-0.15, -0.1) is 0 Å². The summed E-state index contributed by atoms with van der Waals surface area (Å²) >= 11 is 0. The van der Waals surface area contributed by atoms with Gasteiger partial charge in [0.05, 0.1) is 0 Å². The van der Waals surface area contributed by atoms with E-state index in [2.05, 4.69) is 24.1 Å². The topological polar surface area (TPSA) is 37.4 Å². The van der Waals surface area contributed by atoms with E-state index in [-0.39, 0.29) is 11.7 Å². The van der Waals surface area contributed by atoms with Crippen LogP contribution in [0, 0.1) is 0 Å². The largest absolute Gasteiger partial charge is 0.305 e. The fourth-order valence-corrected chi connectivity index (χ4v) is 2.94. The molecule has 3 rings (SSSR count). The fourth-order valence-electron chi connectivity index (χ4n) is 2.94. The Balaban J connectivity index is 2.07. The van der Waals surface area contributed by atoms with E-state index in [9.17, 15) is 9.59 Å². The molecular weight excluding hydrogens is 250 g/mol. The van der Waals surface area contributed by atoms with Gasteiger partial charge in [-0.25, -0.2) is 0 Å². The minimum absolute atomic E-state index is 0.159. The Morgan fingerprint density at radius 2 is 1.75 bits per heavy atom. The average Bonchev–Trinajstić information content (AvgIpc) is 2.61. The van der Waals surface area contributed by atoms with Crippen molar-refractivity contribution in [3.05, 3.63) is 59.2 Å². The summed E-state index contributed by atoms with van der Waals surface area (Å²) in [6.45, 7) is 1.78. The summed E-state index contributed by atoms with van der Waals surface area (Å²) in [5, 5.41) is 0. The molecular formula is C17H17NO2. The number of fused-ring (bicyclic) bond motifs is 1. The van der Waals surface area contributed by atoms with Crippen molar-refractivity contribution < 1.29 is 9.59 Å². The fraction of sp³-hybridized carbons (Fsp3) is 0.294. The van der Waals surface area contributed by atoms with E-state index < -0.39 is 5.78 Å². The van der Waals surface area contributed by atoms with Crippen molar-refractivity contribution in [1.82, 2.24) is 4.90 Å². The summed E-state index contributed by atoms with van der Waals surface area (Å²) in [7, 11) is 2.08. The van der Waals surface area contributed by atoms with Crippen LogP contribution in [0.2, 0.25) is 0 Å². The molecule has 1 aliphatic carbocycles. The smallest absolute Gasteiger partial charge is 0.226 e. The Kier molecular flexibility index (Phi) is 3.36. The van der Waals surface area contributed by atoms with E-state index in [0.29, 0.717) is 0 Å². The molecule has 102 valence electrons. The molecule has 0 aromatic heterocycles. The monoisotopic (exact) mass is 267 g/mol. The van der Waals surface area contributed by atoms with Crippen LogP contribution in [0.1, 0.15) is 17.9 Å². The number of benzene rings is 1. The summed E-state index contributed by atoms with van der Waals surface area (Å²) in [6.07, 6.45) is 3.91. The number of rotatable bonds is 1. The van der Waals surface area contributed by atoms with Gasteiger partial charge in [0.15, 0.2) is 0 Å². The van der Waals surface area contributed by atoms with Gasteiger partial charge in [-0.05, 0) is 42.3 Å². The van der Waals surface area contributed by atoms with Crippen LogP contribution in [0.4, 0.5) is 0 Å². The molecule has 1 fully saturated rings. The highest BCUT2D eigenvalue weighted by Crippen LogP contribution is 2.36. The maximum Gasteiger partial charge on any atom is 0.226 e. The number of carbonyl (C=O) groups is 2. The van der Waals surface area contributed by atoms with Crippen molar-refractivity contribution in [3.63, 3.8) is 0 Å². The standard InChI is InChI=1S/C17H17NO2/c1-18-8-7-13-9-16(19)17(20)10-14(13)15(11-18)12-5-3-2-4-6-12/h2-6,9-10,15H,7-8,11H2,1H3. The number of allylic oxidation sites excluding steroid dienone is 2. The highest BCUT2D eigenvalue weighted by atomic mass is 16.2. The maximum absolute atomic E-state index is 11.7. The summed E-state index contributed by atoms with van der Waals surface area (Å²) in [6, 6.07) is 10.2. The Hall–Kier alpha value is -2.00. The maximum atomic E-state index is 11.7. The van der Waals surface area contributed by atoms with Crippen molar-refractivity contribution in [3.8, 4) is 0 Å². The first-order valence-corrected chi connectivity index (χ1v) is 6.89. The molecule has 0 N–H and O–H groups in total. The summed E-state index contributed by atoms with van der Waals surface area (Å²) in [4.78, 5) is 25.6. The van der Waals surface area contributed by atoms with Gasteiger partial charge in [0.25, 0.3) is 0 Å². The van der Waals surface area contributed by atoms with Crippen LogP contribution in [-0.4, -0.2) is 36.6 Å². The third-order valence-electron chi connectivity index (χ3n) is 4.04. The van der Waals surface area contributed by atoms with Gasteiger partial charge in [0, 0.05) is 19.0 Å². The number of carbonyl (C=O) groups excluding carboxylic acids is 2. The molecule has 1 aromatic carbocycles. The van der Waals surface area contributed by atoms with Crippen molar-refractivity contribution in [2.24, 2.45) is 0 Å². The van der Waals surface area contributed by atoms with Gasteiger partial charge in [0.2, 0.25) is 11.6 Å². The number of ketones is 2. The van der Waals surface area contributed by atoms with Crippen LogP contribution in [0.5, 0.6) is 0 Å². The van der Waals surface area contributed by atoms with Crippen LogP contribution in [-0.2, 0) is 9.59 Å². The molecule has 3 nitrogen and oxygen atoms in total. The summed E-state index contributed by atoms with van der Waals surface area (Å²) in [5.41, 5.74) is 3.23. The van der Waals surface area contributed by atoms with Crippen LogP contribution < -0.4 is 0 Å². The predicted octanol–water partition coefficient (Wildman–Crippen LogP) is 2.11. The molecule has 20 heavy (non-hydrogen) atoms. The van der Waals surface area contributed by atoms with Gasteiger partial charge in [-0.3, -0.25) is 9.59 Å². The zero-order chi connectivity index (χ0) is 14.1. The van der Waals surface area contributed by atoms with Crippen LogP contribution in [0.25, 0.3) is 0 Å². The molecule has 1 heterocycles. The van der Waals surface area contributed by atoms with Gasteiger partial charge in [0.1, 0.15) is 0 Å². The molecule has 2 aliphatic rings. The summed E-state index contributed by atoms with van der Waals surface area (Å²) in [5.74, 6) is -0.624. The Morgan fingerprint density at radius 1 is 1.05 bits per heavy atom. The van der Waals surface area contributed by atoms with Crippen molar-refractivity contribution in [2.75, 3.05) is 20.1 Å². The van der Waals surface area contributed by atoms with E-state index >= 15 is 0 Å². The van der Waals surface area contributed by atoms with Crippen LogP contribution in [0.15, 0.2) is 53.6 Å². The first-order valence-electron chi connectivity index (χ1n) is 6.89. The molecule has 1 saturated heterocycles. The normalized spacial score (nSPS) is 23.8.